The lowest BCUT2D eigenvalue weighted by Gasteiger charge is -2.23. The lowest BCUT2D eigenvalue weighted by Crippen LogP contribution is -2.38. The van der Waals surface area contributed by atoms with Gasteiger partial charge in [-0.2, -0.15) is 0 Å². The molecule has 4 atom stereocenters. The average Bonchev–Trinajstić information content (AvgIpc) is 3.11. The van der Waals surface area contributed by atoms with Crippen molar-refractivity contribution in [2.24, 2.45) is 23.7 Å². The third kappa shape index (κ3) is 1.83. The van der Waals surface area contributed by atoms with Gasteiger partial charge in [-0.05, 0) is 44.4 Å². The van der Waals surface area contributed by atoms with Crippen LogP contribution < -0.4 is 0 Å². The first-order valence-electron chi connectivity index (χ1n) is 6.63. The van der Waals surface area contributed by atoms with Crippen LogP contribution >= 0.6 is 0 Å². The van der Waals surface area contributed by atoms with Crippen LogP contribution in [0.3, 0.4) is 0 Å². The van der Waals surface area contributed by atoms with Crippen LogP contribution in [0.4, 0.5) is 0 Å². The maximum absolute atomic E-state index is 12.3. The van der Waals surface area contributed by atoms with E-state index in [1.807, 2.05) is 11.8 Å². The van der Waals surface area contributed by atoms with Crippen LogP contribution in [-0.2, 0) is 9.59 Å². The molecule has 3 fully saturated rings. The molecule has 2 saturated carbocycles. The van der Waals surface area contributed by atoms with Crippen molar-refractivity contribution < 1.29 is 14.7 Å². The molecule has 3 aliphatic rings. The Labute approximate surface area is 101 Å². The minimum Gasteiger partial charge on any atom is -0.481 e. The van der Waals surface area contributed by atoms with Crippen molar-refractivity contribution in [2.45, 2.75) is 38.6 Å². The van der Waals surface area contributed by atoms with Crippen LogP contribution in [0.25, 0.3) is 0 Å². The molecule has 1 N–H and O–H groups in total. The molecule has 1 aliphatic heterocycles. The predicted octanol–water partition coefficient (Wildman–Crippen LogP) is 1.35. The Hall–Kier alpha value is -1.06. The fourth-order valence-electron chi connectivity index (χ4n) is 3.34. The molecule has 4 heteroatoms. The van der Waals surface area contributed by atoms with E-state index in [9.17, 15) is 9.59 Å². The quantitative estimate of drug-likeness (QED) is 0.806. The molecule has 2 aliphatic carbocycles. The van der Waals surface area contributed by atoms with Crippen molar-refractivity contribution in [3.05, 3.63) is 0 Å². The molecule has 0 spiro atoms. The number of amides is 1. The van der Waals surface area contributed by atoms with Gasteiger partial charge in [0.15, 0.2) is 0 Å². The van der Waals surface area contributed by atoms with Gasteiger partial charge < -0.3 is 10.0 Å². The largest absolute Gasteiger partial charge is 0.481 e. The van der Waals surface area contributed by atoms with E-state index in [1.165, 1.54) is 12.8 Å². The van der Waals surface area contributed by atoms with E-state index in [0.717, 1.165) is 12.3 Å². The van der Waals surface area contributed by atoms with E-state index >= 15 is 0 Å². The number of aliphatic carboxylic acids is 1. The van der Waals surface area contributed by atoms with Crippen LogP contribution in [0.1, 0.15) is 32.6 Å². The molecule has 94 valence electrons. The van der Waals surface area contributed by atoms with E-state index in [4.69, 9.17) is 5.11 Å². The van der Waals surface area contributed by atoms with Gasteiger partial charge in [0.2, 0.25) is 5.91 Å². The first kappa shape index (κ1) is 11.1. The second-order valence-corrected chi connectivity index (χ2v) is 5.85. The third-order valence-electron chi connectivity index (χ3n) is 4.74. The highest BCUT2D eigenvalue weighted by Crippen LogP contribution is 2.55. The summed E-state index contributed by atoms with van der Waals surface area (Å²) in [4.78, 5) is 25.1. The van der Waals surface area contributed by atoms with Crippen LogP contribution in [0.15, 0.2) is 0 Å². The molecular formula is C13H19NO3. The molecule has 1 saturated heterocycles. The second kappa shape index (κ2) is 3.72. The smallest absolute Gasteiger partial charge is 0.308 e. The Morgan fingerprint density at radius 2 is 1.88 bits per heavy atom. The minimum atomic E-state index is -0.762. The van der Waals surface area contributed by atoms with Crippen molar-refractivity contribution in [1.29, 1.82) is 0 Å². The lowest BCUT2D eigenvalue weighted by molar-refractivity contribution is -0.143. The number of carboxylic acids is 1. The van der Waals surface area contributed by atoms with E-state index in [2.05, 4.69) is 0 Å². The van der Waals surface area contributed by atoms with Gasteiger partial charge in [-0.3, -0.25) is 9.59 Å². The van der Waals surface area contributed by atoms with E-state index < -0.39 is 5.97 Å². The summed E-state index contributed by atoms with van der Waals surface area (Å²) in [5.74, 6) is 0.741. The van der Waals surface area contributed by atoms with Gasteiger partial charge in [0.05, 0.1) is 5.92 Å². The van der Waals surface area contributed by atoms with Gasteiger partial charge >= 0.3 is 5.97 Å². The number of hydrogen-bond acceptors (Lipinski definition) is 2. The van der Waals surface area contributed by atoms with Crippen molar-refractivity contribution >= 4 is 11.9 Å². The monoisotopic (exact) mass is 237 g/mol. The summed E-state index contributed by atoms with van der Waals surface area (Å²) in [6, 6.07) is -0.125. The zero-order valence-electron chi connectivity index (χ0n) is 10.1. The SMILES string of the molecule is CC1C(C(=O)O)CCN1C(=O)C1CC1C1CC1. The van der Waals surface area contributed by atoms with Gasteiger partial charge in [-0.15, -0.1) is 0 Å². The molecule has 0 aromatic carbocycles. The molecule has 17 heavy (non-hydrogen) atoms. The number of likely N-dealkylation sites (tertiary alicyclic amines) is 1. The van der Waals surface area contributed by atoms with E-state index in [0.29, 0.717) is 18.9 Å². The van der Waals surface area contributed by atoms with E-state index in [-0.39, 0.29) is 23.8 Å². The van der Waals surface area contributed by atoms with Gasteiger partial charge in [-0.1, -0.05) is 0 Å². The highest BCUT2D eigenvalue weighted by molar-refractivity contribution is 5.83. The average molecular weight is 237 g/mol. The van der Waals surface area contributed by atoms with E-state index in [1.54, 1.807) is 0 Å². The summed E-state index contributed by atoms with van der Waals surface area (Å²) < 4.78 is 0. The Bertz CT molecular complexity index is 364. The van der Waals surface area contributed by atoms with Crippen LogP contribution in [0, 0.1) is 23.7 Å². The summed E-state index contributed by atoms with van der Waals surface area (Å²) in [5, 5.41) is 9.05. The Balaban J connectivity index is 1.61. The normalized spacial score (nSPS) is 40.4. The molecule has 0 bridgehead atoms. The van der Waals surface area contributed by atoms with Crippen molar-refractivity contribution in [3.63, 3.8) is 0 Å². The second-order valence-electron chi connectivity index (χ2n) is 5.85. The van der Waals surface area contributed by atoms with Gasteiger partial charge in [0.25, 0.3) is 0 Å². The number of carboxylic acid groups (broad SMARTS) is 1. The number of nitrogens with zero attached hydrogens (tertiary/aromatic N) is 1. The highest BCUT2D eigenvalue weighted by Gasteiger charge is 2.53. The Kier molecular flexibility index (Phi) is 2.42. The summed E-state index contributed by atoms with van der Waals surface area (Å²) in [5.41, 5.74) is 0. The number of rotatable bonds is 3. The molecule has 1 amide bonds. The number of carbonyl (C=O) groups is 2. The topological polar surface area (TPSA) is 57.6 Å². The standard InChI is InChI=1S/C13H19NO3/c1-7-9(13(16)17)4-5-14(7)12(15)11-6-10(11)8-2-3-8/h7-11H,2-6H2,1H3,(H,16,17). The van der Waals surface area contributed by atoms with Gasteiger partial charge in [0, 0.05) is 18.5 Å². The molecule has 4 unspecified atom stereocenters. The maximum atomic E-state index is 12.3. The van der Waals surface area contributed by atoms with Crippen LogP contribution in [0.2, 0.25) is 0 Å². The highest BCUT2D eigenvalue weighted by atomic mass is 16.4. The zero-order valence-corrected chi connectivity index (χ0v) is 10.1. The molecule has 0 aromatic heterocycles. The van der Waals surface area contributed by atoms with Crippen LogP contribution in [0.5, 0.6) is 0 Å². The van der Waals surface area contributed by atoms with Gasteiger partial charge in [0.1, 0.15) is 0 Å². The molecule has 4 nitrogen and oxygen atoms in total. The summed E-state index contributed by atoms with van der Waals surface area (Å²) in [6.45, 7) is 2.50. The third-order valence-corrected chi connectivity index (χ3v) is 4.74. The number of carbonyl (C=O) groups excluding carboxylic acids is 1. The van der Waals surface area contributed by atoms with Crippen molar-refractivity contribution in [2.75, 3.05) is 6.54 Å². The fraction of sp³-hybridized carbons (Fsp3) is 0.846. The molecular weight excluding hydrogens is 218 g/mol. The molecule has 0 aromatic rings. The minimum absolute atomic E-state index is 0.125. The molecule has 3 rings (SSSR count). The van der Waals surface area contributed by atoms with Crippen molar-refractivity contribution in [1.82, 2.24) is 4.90 Å². The first-order valence-corrected chi connectivity index (χ1v) is 6.63. The fourth-order valence-corrected chi connectivity index (χ4v) is 3.34. The summed E-state index contributed by atoms with van der Waals surface area (Å²) in [7, 11) is 0. The first-order chi connectivity index (χ1) is 8.09. The molecule has 0 radical (unpaired) electrons. The molecule has 1 heterocycles. The van der Waals surface area contributed by atoms with Crippen LogP contribution in [-0.4, -0.2) is 34.5 Å². The van der Waals surface area contributed by atoms with Gasteiger partial charge in [-0.25, -0.2) is 0 Å². The Morgan fingerprint density at radius 1 is 1.18 bits per heavy atom. The van der Waals surface area contributed by atoms with Crippen molar-refractivity contribution in [3.8, 4) is 0 Å². The Morgan fingerprint density at radius 3 is 2.41 bits per heavy atom. The zero-order chi connectivity index (χ0) is 12.2. The lowest BCUT2D eigenvalue weighted by atomic mass is 10.0. The summed E-state index contributed by atoms with van der Waals surface area (Å²) >= 11 is 0. The number of hydrogen-bond donors (Lipinski definition) is 1. The predicted molar refractivity (Wildman–Crippen MR) is 61.2 cm³/mol. The maximum Gasteiger partial charge on any atom is 0.308 e. The summed E-state index contributed by atoms with van der Waals surface area (Å²) in [6.07, 6.45) is 4.25.